The van der Waals surface area contributed by atoms with E-state index in [4.69, 9.17) is 15.2 Å². The molecule has 0 amide bonds. The first-order valence-electron chi connectivity index (χ1n) is 5.53. The number of aromatic nitrogens is 1. The van der Waals surface area contributed by atoms with E-state index in [1.54, 1.807) is 20.4 Å². The lowest BCUT2D eigenvalue weighted by atomic mass is 9.73. The molecule has 0 aliphatic heterocycles. The highest BCUT2D eigenvalue weighted by Gasteiger charge is 2.44. The molecule has 4 heteroatoms. The van der Waals surface area contributed by atoms with E-state index >= 15 is 0 Å². The second-order valence-electron chi connectivity index (χ2n) is 4.19. The SMILES string of the molecule is COc1cccnc1C(N)C1(OC)CCC1. The lowest BCUT2D eigenvalue weighted by molar-refractivity contribution is -0.0923. The van der Waals surface area contributed by atoms with Gasteiger partial charge in [0.1, 0.15) is 11.4 Å². The van der Waals surface area contributed by atoms with Gasteiger partial charge in [-0.15, -0.1) is 0 Å². The summed E-state index contributed by atoms with van der Waals surface area (Å²) in [4.78, 5) is 4.32. The highest BCUT2D eigenvalue weighted by Crippen LogP contribution is 2.44. The monoisotopic (exact) mass is 222 g/mol. The maximum absolute atomic E-state index is 6.25. The van der Waals surface area contributed by atoms with E-state index in [0.29, 0.717) is 0 Å². The molecule has 2 rings (SSSR count). The summed E-state index contributed by atoms with van der Waals surface area (Å²) in [5.41, 5.74) is 6.79. The van der Waals surface area contributed by atoms with Crippen LogP contribution >= 0.6 is 0 Å². The third-order valence-corrected chi connectivity index (χ3v) is 3.49. The van der Waals surface area contributed by atoms with Crippen LogP contribution in [0, 0.1) is 0 Å². The maximum atomic E-state index is 6.25. The average Bonchev–Trinajstić information content (AvgIpc) is 2.28. The van der Waals surface area contributed by atoms with Gasteiger partial charge in [0, 0.05) is 13.3 Å². The number of methoxy groups -OCH3 is 2. The Hall–Kier alpha value is -1.13. The summed E-state index contributed by atoms with van der Waals surface area (Å²) in [7, 11) is 3.35. The van der Waals surface area contributed by atoms with E-state index in [0.717, 1.165) is 30.7 Å². The number of hydrogen-bond acceptors (Lipinski definition) is 4. The molecule has 0 aromatic carbocycles. The number of hydrogen-bond donors (Lipinski definition) is 1. The Labute approximate surface area is 95.8 Å². The molecular weight excluding hydrogens is 204 g/mol. The molecule has 1 saturated carbocycles. The minimum absolute atomic E-state index is 0.220. The van der Waals surface area contributed by atoms with Crippen LogP contribution < -0.4 is 10.5 Å². The molecule has 1 atom stereocenters. The van der Waals surface area contributed by atoms with E-state index in [1.807, 2.05) is 12.1 Å². The van der Waals surface area contributed by atoms with Crippen LogP contribution in [0.1, 0.15) is 31.0 Å². The molecule has 0 spiro atoms. The molecule has 0 saturated heterocycles. The summed E-state index contributed by atoms with van der Waals surface area (Å²) in [6, 6.07) is 3.50. The third-order valence-electron chi connectivity index (χ3n) is 3.49. The first-order valence-corrected chi connectivity index (χ1v) is 5.53. The van der Waals surface area contributed by atoms with Gasteiger partial charge in [-0.25, -0.2) is 0 Å². The van der Waals surface area contributed by atoms with E-state index in [9.17, 15) is 0 Å². The smallest absolute Gasteiger partial charge is 0.142 e. The number of pyridine rings is 1. The summed E-state index contributed by atoms with van der Waals surface area (Å²) in [6.07, 6.45) is 4.88. The molecule has 2 N–H and O–H groups in total. The van der Waals surface area contributed by atoms with Gasteiger partial charge < -0.3 is 15.2 Å². The Morgan fingerprint density at radius 1 is 1.44 bits per heavy atom. The summed E-state index contributed by atoms with van der Waals surface area (Å²) < 4.78 is 10.8. The van der Waals surface area contributed by atoms with Crippen molar-refractivity contribution in [3.05, 3.63) is 24.0 Å². The van der Waals surface area contributed by atoms with Gasteiger partial charge in [-0.05, 0) is 31.4 Å². The molecule has 1 aromatic heterocycles. The average molecular weight is 222 g/mol. The van der Waals surface area contributed by atoms with Gasteiger partial charge >= 0.3 is 0 Å². The van der Waals surface area contributed by atoms with Crippen LogP contribution in [-0.4, -0.2) is 24.8 Å². The molecule has 1 fully saturated rings. The lowest BCUT2D eigenvalue weighted by Gasteiger charge is -2.44. The van der Waals surface area contributed by atoms with Crippen molar-refractivity contribution in [2.24, 2.45) is 5.73 Å². The van der Waals surface area contributed by atoms with Crippen molar-refractivity contribution in [2.45, 2.75) is 30.9 Å². The highest BCUT2D eigenvalue weighted by molar-refractivity contribution is 5.31. The maximum Gasteiger partial charge on any atom is 0.142 e. The molecule has 4 nitrogen and oxygen atoms in total. The molecule has 88 valence electrons. The van der Waals surface area contributed by atoms with Crippen molar-refractivity contribution >= 4 is 0 Å². The predicted octanol–water partition coefficient (Wildman–Crippen LogP) is 1.66. The van der Waals surface area contributed by atoms with Crippen LogP contribution in [0.15, 0.2) is 18.3 Å². The van der Waals surface area contributed by atoms with Gasteiger partial charge in [0.05, 0.1) is 18.8 Å². The number of nitrogens with two attached hydrogens (primary N) is 1. The van der Waals surface area contributed by atoms with E-state index in [-0.39, 0.29) is 11.6 Å². The number of rotatable bonds is 4. The lowest BCUT2D eigenvalue weighted by Crippen LogP contribution is -2.49. The molecule has 1 aliphatic carbocycles. The van der Waals surface area contributed by atoms with Crippen LogP contribution in [0.3, 0.4) is 0 Å². The first kappa shape index (κ1) is 11.4. The minimum Gasteiger partial charge on any atom is -0.495 e. The second kappa shape index (κ2) is 4.39. The summed E-state index contributed by atoms with van der Waals surface area (Å²) in [6.45, 7) is 0. The molecule has 16 heavy (non-hydrogen) atoms. The van der Waals surface area contributed by atoms with Crippen molar-refractivity contribution in [3.63, 3.8) is 0 Å². The molecule has 1 aliphatic rings. The Morgan fingerprint density at radius 3 is 2.69 bits per heavy atom. The van der Waals surface area contributed by atoms with E-state index < -0.39 is 0 Å². The zero-order chi connectivity index (χ0) is 11.6. The summed E-state index contributed by atoms with van der Waals surface area (Å²) >= 11 is 0. The van der Waals surface area contributed by atoms with Gasteiger partial charge in [-0.3, -0.25) is 4.98 Å². The van der Waals surface area contributed by atoms with Crippen LogP contribution in [0.5, 0.6) is 5.75 Å². The van der Waals surface area contributed by atoms with E-state index in [1.165, 1.54) is 0 Å². The second-order valence-corrected chi connectivity index (χ2v) is 4.19. The van der Waals surface area contributed by atoms with Crippen LogP contribution in [0.25, 0.3) is 0 Å². The van der Waals surface area contributed by atoms with Crippen molar-refractivity contribution in [2.75, 3.05) is 14.2 Å². The van der Waals surface area contributed by atoms with Crippen molar-refractivity contribution in [1.29, 1.82) is 0 Å². The van der Waals surface area contributed by atoms with Gasteiger partial charge in [0.25, 0.3) is 0 Å². The van der Waals surface area contributed by atoms with Crippen molar-refractivity contribution in [3.8, 4) is 5.75 Å². The fourth-order valence-corrected chi connectivity index (χ4v) is 2.23. The topological polar surface area (TPSA) is 57.4 Å². The normalized spacial score (nSPS) is 19.9. The summed E-state index contributed by atoms with van der Waals surface area (Å²) in [5, 5.41) is 0. The van der Waals surface area contributed by atoms with Gasteiger partial charge in [-0.1, -0.05) is 0 Å². The Morgan fingerprint density at radius 2 is 2.19 bits per heavy atom. The largest absolute Gasteiger partial charge is 0.495 e. The fraction of sp³-hybridized carbons (Fsp3) is 0.583. The predicted molar refractivity (Wildman–Crippen MR) is 61.3 cm³/mol. The Bertz CT molecular complexity index is 358. The van der Waals surface area contributed by atoms with Gasteiger partial charge in [0.15, 0.2) is 0 Å². The van der Waals surface area contributed by atoms with Gasteiger partial charge in [-0.2, -0.15) is 0 Å². The van der Waals surface area contributed by atoms with Gasteiger partial charge in [0.2, 0.25) is 0 Å². The third kappa shape index (κ3) is 1.68. The fourth-order valence-electron chi connectivity index (χ4n) is 2.23. The quantitative estimate of drug-likeness (QED) is 0.841. The van der Waals surface area contributed by atoms with Crippen LogP contribution in [0.4, 0.5) is 0 Å². The zero-order valence-corrected chi connectivity index (χ0v) is 9.77. The minimum atomic E-state index is -0.248. The Balaban J connectivity index is 2.29. The van der Waals surface area contributed by atoms with Crippen LogP contribution in [0.2, 0.25) is 0 Å². The number of nitrogens with zero attached hydrogens (tertiary/aromatic N) is 1. The van der Waals surface area contributed by atoms with E-state index in [2.05, 4.69) is 4.98 Å². The first-order chi connectivity index (χ1) is 7.73. The molecule has 0 bridgehead atoms. The summed E-state index contributed by atoms with van der Waals surface area (Å²) in [5.74, 6) is 0.735. The molecular formula is C12H18N2O2. The molecule has 1 unspecified atom stereocenters. The molecule has 1 aromatic rings. The Kier molecular flexibility index (Phi) is 3.12. The highest BCUT2D eigenvalue weighted by atomic mass is 16.5. The van der Waals surface area contributed by atoms with Crippen molar-refractivity contribution in [1.82, 2.24) is 4.98 Å². The zero-order valence-electron chi connectivity index (χ0n) is 9.77. The van der Waals surface area contributed by atoms with Crippen molar-refractivity contribution < 1.29 is 9.47 Å². The number of ether oxygens (including phenoxy) is 2. The molecule has 1 heterocycles. The standard InChI is InChI=1S/C12H18N2O2/c1-15-9-5-3-8-14-10(9)11(13)12(16-2)6-4-7-12/h3,5,8,11H,4,6-7,13H2,1-2H3. The molecule has 0 radical (unpaired) electrons. The van der Waals surface area contributed by atoms with Crippen LogP contribution in [-0.2, 0) is 4.74 Å².